The second-order valence-corrected chi connectivity index (χ2v) is 10.2. The number of hydrogen-bond acceptors (Lipinski definition) is 4. The lowest BCUT2D eigenvalue weighted by molar-refractivity contribution is 0.0926. The third-order valence-electron chi connectivity index (χ3n) is 7.49. The second kappa shape index (κ2) is 7.87. The highest BCUT2D eigenvalue weighted by molar-refractivity contribution is 7.13. The van der Waals surface area contributed by atoms with Crippen LogP contribution in [0.4, 0.5) is 19.0 Å². The van der Waals surface area contributed by atoms with Crippen LogP contribution < -0.4 is 5.32 Å². The summed E-state index contributed by atoms with van der Waals surface area (Å²) in [6, 6.07) is 5.87. The van der Waals surface area contributed by atoms with Crippen molar-refractivity contribution in [3.8, 4) is 22.0 Å². The first-order valence-electron chi connectivity index (χ1n) is 11.3. The summed E-state index contributed by atoms with van der Waals surface area (Å²) in [6.07, 6.45) is 6.30. The zero-order valence-corrected chi connectivity index (χ0v) is 18.9. The van der Waals surface area contributed by atoms with E-state index < -0.39 is 17.5 Å². The van der Waals surface area contributed by atoms with Gasteiger partial charge in [-0.2, -0.15) is 0 Å². The molecule has 4 aromatic rings. The van der Waals surface area contributed by atoms with Gasteiger partial charge in [0.05, 0.1) is 10.4 Å². The van der Waals surface area contributed by atoms with Crippen LogP contribution in [-0.2, 0) is 0 Å². The topological polar surface area (TPSA) is 53.6 Å². The summed E-state index contributed by atoms with van der Waals surface area (Å²) in [5.74, 6) is 0.0709. The highest BCUT2D eigenvalue weighted by atomic mass is 32.1. The van der Waals surface area contributed by atoms with E-state index in [0.29, 0.717) is 33.6 Å². The van der Waals surface area contributed by atoms with E-state index in [0.717, 1.165) is 18.9 Å². The predicted molar refractivity (Wildman–Crippen MR) is 125 cm³/mol. The van der Waals surface area contributed by atoms with Gasteiger partial charge in [-0.25, -0.2) is 23.1 Å². The average Bonchev–Trinajstić information content (AvgIpc) is 3.48. The zero-order valence-electron chi connectivity index (χ0n) is 18.0. The maximum atomic E-state index is 15.7. The quantitative estimate of drug-likeness (QED) is 0.339. The minimum atomic E-state index is -0.692. The summed E-state index contributed by atoms with van der Waals surface area (Å²) in [7, 11) is 0. The fraction of sp³-hybridized carbons (Fsp3) is 0.360. The highest BCUT2D eigenvalue weighted by Crippen LogP contribution is 2.46. The van der Waals surface area contributed by atoms with Crippen molar-refractivity contribution in [2.45, 2.75) is 38.6 Å². The van der Waals surface area contributed by atoms with Gasteiger partial charge in [0.2, 0.25) is 0 Å². The summed E-state index contributed by atoms with van der Waals surface area (Å²) in [4.78, 5) is 12.6. The number of rotatable bonds is 4. The Kier molecular flexibility index (Phi) is 4.94. The minimum Gasteiger partial charge on any atom is -0.364 e. The van der Waals surface area contributed by atoms with Gasteiger partial charge in [0, 0.05) is 29.3 Å². The van der Waals surface area contributed by atoms with Gasteiger partial charge in [-0.15, -0.1) is 11.3 Å². The predicted octanol–water partition coefficient (Wildman–Crippen LogP) is 7.01. The molecule has 2 bridgehead atoms. The lowest BCUT2D eigenvalue weighted by atomic mass is 9.62. The Hall–Kier alpha value is -2.87. The second-order valence-electron chi connectivity index (χ2n) is 9.25. The molecule has 0 radical (unpaired) electrons. The number of nitrogens with one attached hydrogen (secondary N) is 2. The van der Waals surface area contributed by atoms with Gasteiger partial charge in [0.15, 0.2) is 17.5 Å². The monoisotopic (exact) mass is 468 g/mol. The van der Waals surface area contributed by atoms with Crippen molar-refractivity contribution in [2.24, 2.45) is 17.8 Å². The molecule has 3 aliphatic rings. The Labute approximate surface area is 193 Å². The van der Waals surface area contributed by atoms with E-state index >= 15 is 4.39 Å². The minimum absolute atomic E-state index is 0.142. The summed E-state index contributed by atoms with van der Waals surface area (Å²) in [5.41, 5.74) is 0.796. The molecule has 0 aliphatic heterocycles. The van der Waals surface area contributed by atoms with Crippen LogP contribution in [-0.4, -0.2) is 21.0 Å². The lowest BCUT2D eigenvalue weighted by Gasteiger charge is -2.47. The Balaban J connectivity index is 1.49. The van der Waals surface area contributed by atoms with Gasteiger partial charge in [0.25, 0.3) is 0 Å². The van der Waals surface area contributed by atoms with Gasteiger partial charge in [-0.1, -0.05) is 13.0 Å². The van der Waals surface area contributed by atoms with Crippen LogP contribution in [0.1, 0.15) is 32.6 Å². The largest absolute Gasteiger partial charge is 0.364 e. The molecular weight excluding hydrogens is 445 g/mol. The Morgan fingerprint density at radius 2 is 1.85 bits per heavy atom. The molecule has 3 aromatic heterocycles. The molecule has 3 saturated carbocycles. The summed E-state index contributed by atoms with van der Waals surface area (Å²) in [6.45, 7) is 2.24. The maximum absolute atomic E-state index is 15.7. The Bertz CT molecular complexity index is 1320. The first-order chi connectivity index (χ1) is 16.0. The molecule has 4 nitrogen and oxygen atoms in total. The van der Waals surface area contributed by atoms with Crippen LogP contribution >= 0.6 is 11.3 Å². The number of H-pyrrole nitrogens is 1. The first-order valence-corrected chi connectivity index (χ1v) is 12.2. The van der Waals surface area contributed by atoms with E-state index in [1.807, 2.05) is 17.5 Å². The van der Waals surface area contributed by atoms with Crippen LogP contribution in [0, 0.1) is 35.2 Å². The fourth-order valence-electron chi connectivity index (χ4n) is 5.74. The fourth-order valence-corrected chi connectivity index (χ4v) is 6.45. The third kappa shape index (κ3) is 3.42. The van der Waals surface area contributed by atoms with Gasteiger partial charge >= 0.3 is 0 Å². The molecule has 1 aromatic carbocycles. The van der Waals surface area contributed by atoms with E-state index in [1.165, 1.54) is 30.2 Å². The summed E-state index contributed by atoms with van der Waals surface area (Å²) in [5, 5.41) is 5.62. The van der Waals surface area contributed by atoms with E-state index in [4.69, 9.17) is 0 Å². The molecular formula is C25H23F3N4S. The van der Waals surface area contributed by atoms with Gasteiger partial charge < -0.3 is 10.3 Å². The third-order valence-corrected chi connectivity index (χ3v) is 8.37. The molecule has 3 aliphatic carbocycles. The summed E-state index contributed by atoms with van der Waals surface area (Å²) >= 11 is 1.39. The van der Waals surface area contributed by atoms with Gasteiger partial charge in [-0.3, -0.25) is 0 Å². The van der Waals surface area contributed by atoms with Crippen molar-refractivity contribution < 1.29 is 13.2 Å². The number of aromatic amines is 1. The Morgan fingerprint density at radius 3 is 2.58 bits per heavy atom. The van der Waals surface area contributed by atoms with Crippen LogP contribution in [0.5, 0.6) is 0 Å². The van der Waals surface area contributed by atoms with Crippen molar-refractivity contribution in [1.82, 2.24) is 15.0 Å². The molecule has 0 spiro atoms. The number of thiophene rings is 1. The molecule has 3 fully saturated rings. The molecule has 2 N–H and O–H groups in total. The van der Waals surface area contributed by atoms with Crippen LogP contribution in [0.15, 0.2) is 35.8 Å². The number of aromatic nitrogens is 3. The number of anilines is 1. The Morgan fingerprint density at radius 1 is 1.06 bits per heavy atom. The van der Waals surface area contributed by atoms with Crippen LogP contribution in [0.2, 0.25) is 0 Å². The van der Waals surface area contributed by atoms with Crippen molar-refractivity contribution in [1.29, 1.82) is 0 Å². The number of nitrogens with zero attached hydrogens (tertiary/aromatic N) is 2. The van der Waals surface area contributed by atoms with Crippen LogP contribution in [0.3, 0.4) is 0 Å². The van der Waals surface area contributed by atoms with E-state index in [2.05, 4.69) is 27.2 Å². The first kappa shape index (κ1) is 20.7. The molecule has 0 unspecified atom stereocenters. The number of fused-ring (bicyclic) bond motifs is 4. The number of halogens is 3. The van der Waals surface area contributed by atoms with E-state index in [9.17, 15) is 8.78 Å². The smallest absolute Gasteiger partial charge is 0.192 e. The van der Waals surface area contributed by atoms with Gasteiger partial charge in [0.1, 0.15) is 17.3 Å². The summed E-state index contributed by atoms with van der Waals surface area (Å²) < 4.78 is 44.0. The van der Waals surface area contributed by atoms with Crippen LogP contribution in [0.25, 0.3) is 32.9 Å². The maximum Gasteiger partial charge on any atom is 0.192 e. The number of hydrogen-bond donors (Lipinski definition) is 2. The van der Waals surface area contributed by atoms with Crippen molar-refractivity contribution in [3.63, 3.8) is 0 Å². The molecule has 2 atom stereocenters. The number of benzene rings is 1. The van der Waals surface area contributed by atoms with E-state index in [1.54, 1.807) is 6.20 Å². The molecule has 7 rings (SSSR count). The molecule has 33 heavy (non-hydrogen) atoms. The molecule has 8 heteroatoms. The molecule has 170 valence electrons. The lowest BCUT2D eigenvalue weighted by Crippen LogP contribution is -2.47. The van der Waals surface area contributed by atoms with Crippen molar-refractivity contribution in [2.75, 3.05) is 5.32 Å². The molecule has 3 heterocycles. The SMILES string of the molecule is C[C@H]1C2CCC(CC2)[C@@H]1Nc1nc(-c2c[nH]c3c(F)cc(F)cc23)nc(-c2cccs2)c1F. The standard InChI is InChI=1S/C25H23F3N4S/c1-12-13-4-6-14(7-5-13)21(12)30-25-20(28)23(19-3-2-8-33-19)31-24(32-25)17-11-29-22-16(17)9-15(26)10-18(22)27/h2-3,8-14,21,29H,4-7H2,1H3,(H,30,31,32)/t12-,13?,14?,21+/m0/s1. The van der Waals surface area contributed by atoms with E-state index in [-0.39, 0.29) is 28.9 Å². The zero-order chi connectivity index (χ0) is 22.7. The van der Waals surface area contributed by atoms with Crippen molar-refractivity contribution >= 4 is 28.1 Å². The van der Waals surface area contributed by atoms with Gasteiger partial charge in [-0.05, 0) is 60.9 Å². The highest BCUT2D eigenvalue weighted by Gasteiger charge is 2.41. The molecule has 0 saturated heterocycles. The normalized spacial score (nSPS) is 24.5. The molecule has 0 amide bonds. The average molecular weight is 469 g/mol. The van der Waals surface area contributed by atoms with Crippen molar-refractivity contribution in [3.05, 3.63) is 53.3 Å².